The van der Waals surface area contributed by atoms with E-state index >= 15 is 0 Å². The number of nitrogens with two attached hydrogens (primary N) is 2. The highest BCUT2D eigenvalue weighted by Crippen LogP contribution is 2.39. The highest BCUT2D eigenvalue weighted by molar-refractivity contribution is 5.82. The van der Waals surface area contributed by atoms with E-state index in [0.717, 1.165) is 32.2 Å². The number of amides is 1. The Morgan fingerprint density at radius 2 is 1.77 bits per heavy atom. The van der Waals surface area contributed by atoms with Gasteiger partial charge in [0, 0.05) is 42.7 Å². The van der Waals surface area contributed by atoms with Crippen LogP contribution in [0, 0.1) is 22.5 Å². The third-order valence-electron chi connectivity index (χ3n) is 4.72. The first-order chi connectivity index (χ1) is 14.2. The third-order valence-corrected chi connectivity index (χ3v) is 4.72. The fourth-order valence-corrected chi connectivity index (χ4v) is 2.39. The molecule has 1 rings (SSSR count). The second-order valence-corrected chi connectivity index (χ2v) is 7.43. The van der Waals surface area contributed by atoms with Crippen LogP contribution in [-0.4, -0.2) is 48.6 Å². The molecule has 0 aliphatic heterocycles. The summed E-state index contributed by atoms with van der Waals surface area (Å²) in [6, 6.07) is 0.106. The number of hydrogen-bond donors (Lipinski definition) is 6. The quantitative estimate of drug-likeness (QED) is 0.236. The number of benzene rings is 1. The minimum atomic E-state index is -4.70. The number of halogens is 5. The molecule has 0 bridgehead atoms. The zero-order valence-corrected chi connectivity index (χ0v) is 17.0. The predicted molar refractivity (Wildman–Crippen MR) is 106 cm³/mol. The molecule has 1 aromatic carbocycles. The van der Waals surface area contributed by atoms with Crippen LogP contribution >= 0.6 is 0 Å². The third kappa shape index (κ3) is 6.97. The Labute approximate surface area is 176 Å². The number of aliphatic hydroxyl groups is 1. The van der Waals surface area contributed by atoms with Gasteiger partial charge in [-0.25, -0.2) is 8.78 Å². The van der Waals surface area contributed by atoms with Crippen molar-refractivity contribution in [2.75, 3.05) is 13.1 Å². The topological polar surface area (TPSA) is 137 Å². The number of aliphatic hydroxyl groups excluding tert-OH is 1. The van der Waals surface area contributed by atoms with Crippen LogP contribution in [0.25, 0.3) is 5.70 Å². The standard InChI is InChI=1S/C19H26F5N5O2/c1-18(2,19(22,23)24)16(27)17(31)29-8-11(30)7-28-9-12-13(20)5-10(6-14(12)21)15(26)3-4-25/h3-6,11,16,25,28,30H,7-9,26-27H2,1-2H3,(H,29,31)/t11-,16+/m0/s1. The number of carbonyl (C=O) groups excluding carboxylic acids is 1. The first-order valence-electron chi connectivity index (χ1n) is 9.15. The Morgan fingerprint density at radius 1 is 1.23 bits per heavy atom. The van der Waals surface area contributed by atoms with Crippen molar-refractivity contribution < 1.29 is 31.9 Å². The highest BCUT2D eigenvalue weighted by Gasteiger charge is 2.53. The summed E-state index contributed by atoms with van der Waals surface area (Å²) in [5.41, 5.74) is 8.24. The van der Waals surface area contributed by atoms with Crippen molar-refractivity contribution >= 4 is 17.8 Å². The summed E-state index contributed by atoms with van der Waals surface area (Å²) >= 11 is 0. The maximum absolute atomic E-state index is 14.1. The van der Waals surface area contributed by atoms with Gasteiger partial charge in [-0.05, 0) is 32.1 Å². The lowest BCUT2D eigenvalue weighted by Gasteiger charge is -2.32. The number of nitrogens with one attached hydrogen (secondary N) is 3. The van der Waals surface area contributed by atoms with Gasteiger partial charge >= 0.3 is 6.18 Å². The summed E-state index contributed by atoms with van der Waals surface area (Å²) < 4.78 is 67.1. The molecular formula is C19H26F5N5O2. The number of hydrogen-bond acceptors (Lipinski definition) is 6. The van der Waals surface area contributed by atoms with Crippen LogP contribution in [0.4, 0.5) is 22.0 Å². The van der Waals surface area contributed by atoms with Crippen molar-refractivity contribution in [3.8, 4) is 0 Å². The van der Waals surface area contributed by atoms with Crippen molar-refractivity contribution in [1.29, 1.82) is 5.41 Å². The van der Waals surface area contributed by atoms with Crippen LogP contribution in [0.3, 0.4) is 0 Å². The summed E-state index contributed by atoms with van der Waals surface area (Å²) in [5.74, 6) is -2.89. The fourth-order valence-electron chi connectivity index (χ4n) is 2.39. The van der Waals surface area contributed by atoms with Gasteiger partial charge in [-0.15, -0.1) is 0 Å². The van der Waals surface area contributed by atoms with Crippen molar-refractivity contribution in [3.05, 3.63) is 41.0 Å². The van der Waals surface area contributed by atoms with Gasteiger partial charge in [0.25, 0.3) is 0 Å². The van der Waals surface area contributed by atoms with Crippen molar-refractivity contribution in [2.45, 2.75) is 38.7 Å². The Morgan fingerprint density at radius 3 is 2.26 bits per heavy atom. The maximum atomic E-state index is 14.1. The molecule has 1 aromatic rings. The van der Waals surface area contributed by atoms with Gasteiger partial charge in [0.2, 0.25) is 5.91 Å². The van der Waals surface area contributed by atoms with Gasteiger partial charge in [-0.3, -0.25) is 4.79 Å². The zero-order chi connectivity index (χ0) is 24.0. The molecule has 174 valence electrons. The van der Waals surface area contributed by atoms with Crippen LogP contribution in [0.2, 0.25) is 0 Å². The van der Waals surface area contributed by atoms with Gasteiger partial charge in [-0.2, -0.15) is 13.2 Å². The minimum Gasteiger partial charge on any atom is -0.398 e. The fraction of sp³-hybridized carbons (Fsp3) is 0.474. The van der Waals surface area contributed by atoms with Crippen LogP contribution in [0.5, 0.6) is 0 Å². The lowest BCUT2D eigenvalue weighted by molar-refractivity contribution is -0.218. The summed E-state index contributed by atoms with van der Waals surface area (Å²) in [6.07, 6.45) is -3.91. The molecule has 0 saturated carbocycles. The van der Waals surface area contributed by atoms with E-state index in [0.29, 0.717) is 0 Å². The van der Waals surface area contributed by atoms with E-state index in [2.05, 4.69) is 10.6 Å². The highest BCUT2D eigenvalue weighted by atomic mass is 19.4. The normalized spacial score (nSPS) is 14.8. The van der Waals surface area contributed by atoms with Gasteiger partial charge in [-0.1, -0.05) is 0 Å². The van der Waals surface area contributed by atoms with Gasteiger partial charge < -0.3 is 32.6 Å². The number of carbonyl (C=O) groups is 1. The second-order valence-electron chi connectivity index (χ2n) is 7.43. The minimum absolute atomic E-state index is 0.00498. The van der Waals surface area contributed by atoms with Crippen molar-refractivity contribution in [2.24, 2.45) is 16.9 Å². The molecule has 0 heterocycles. The molecule has 0 aliphatic rings. The smallest absolute Gasteiger partial charge is 0.395 e. The first kappa shape index (κ1) is 26.5. The Kier molecular flexibility index (Phi) is 9.09. The number of alkyl halides is 3. The monoisotopic (exact) mass is 451 g/mol. The van der Waals surface area contributed by atoms with E-state index in [1.165, 1.54) is 6.08 Å². The second kappa shape index (κ2) is 10.6. The van der Waals surface area contributed by atoms with E-state index in [4.69, 9.17) is 16.9 Å². The average molecular weight is 451 g/mol. The molecule has 2 atom stereocenters. The van der Waals surface area contributed by atoms with Crippen LogP contribution in [0.15, 0.2) is 18.2 Å². The first-order valence-corrected chi connectivity index (χ1v) is 9.15. The molecule has 1 amide bonds. The molecule has 8 N–H and O–H groups in total. The van der Waals surface area contributed by atoms with E-state index < -0.39 is 47.8 Å². The van der Waals surface area contributed by atoms with Gasteiger partial charge in [0.1, 0.15) is 11.6 Å². The Hall–Kier alpha value is -2.57. The van der Waals surface area contributed by atoms with Crippen LogP contribution < -0.4 is 22.1 Å². The van der Waals surface area contributed by atoms with Gasteiger partial charge in [0.15, 0.2) is 0 Å². The van der Waals surface area contributed by atoms with Crippen LogP contribution in [0.1, 0.15) is 25.0 Å². The molecule has 12 heteroatoms. The van der Waals surface area contributed by atoms with Crippen LogP contribution in [-0.2, 0) is 11.3 Å². The molecule has 0 fully saturated rings. The van der Waals surface area contributed by atoms with Crippen molar-refractivity contribution in [3.63, 3.8) is 0 Å². The van der Waals surface area contributed by atoms with E-state index in [9.17, 15) is 31.9 Å². The molecule has 0 spiro atoms. The predicted octanol–water partition coefficient (Wildman–Crippen LogP) is 1.40. The molecular weight excluding hydrogens is 425 g/mol. The summed E-state index contributed by atoms with van der Waals surface area (Å²) in [5, 5.41) is 21.5. The molecule has 7 nitrogen and oxygen atoms in total. The molecule has 31 heavy (non-hydrogen) atoms. The number of allylic oxidation sites excluding steroid dienone is 1. The lowest BCUT2D eigenvalue weighted by Crippen LogP contribution is -2.56. The Balaban J connectivity index is 2.60. The van der Waals surface area contributed by atoms with Crippen molar-refractivity contribution in [1.82, 2.24) is 10.6 Å². The van der Waals surface area contributed by atoms with E-state index in [1.807, 2.05) is 0 Å². The van der Waals surface area contributed by atoms with E-state index in [-0.39, 0.29) is 29.9 Å². The Bertz CT molecular complexity index is 803. The average Bonchev–Trinajstić information content (AvgIpc) is 2.66. The van der Waals surface area contributed by atoms with E-state index in [1.54, 1.807) is 0 Å². The molecule has 0 unspecified atom stereocenters. The summed E-state index contributed by atoms with van der Waals surface area (Å²) in [7, 11) is 0. The van der Waals surface area contributed by atoms with Gasteiger partial charge in [0.05, 0.1) is 17.6 Å². The maximum Gasteiger partial charge on any atom is 0.395 e. The summed E-state index contributed by atoms with van der Waals surface area (Å²) in [4.78, 5) is 11.9. The SMILES string of the molecule is CC(C)([C@H](N)C(=O)NC[C@@H](O)CNCc1c(F)cc(C(N)=CC=N)cc1F)C(F)(F)F. The zero-order valence-electron chi connectivity index (χ0n) is 17.0. The lowest BCUT2D eigenvalue weighted by atomic mass is 9.83. The largest absolute Gasteiger partial charge is 0.398 e. The molecule has 0 saturated heterocycles. The summed E-state index contributed by atoms with van der Waals surface area (Å²) in [6.45, 7) is 0.644. The number of rotatable bonds is 10. The molecule has 0 aliphatic carbocycles. The molecule has 0 aromatic heterocycles. The molecule has 0 radical (unpaired) electrons.